The summed E-state index contributed by atoms with van der Waals surface area (Å²) in [7, 11) is 0. The van der Waals surface area contributed by atoms with Gasteiger partial charge in [0, 0.05) is 23.0 Å². The molecule has 0 spiro atoms. The fraction of sp³-hybridized carbons (Fsp3) is 0.364. The van der Waals surface area contributed by atoms with E-state index in [-0.39, 0.29) is 29.8 Å². The van der Waals surface area contributed by atoms with Crippen LogP contribution in [0.3, 0.4) is 0 Å². The average Bonchev–Trinajstić information content (AvgIpc) is 3.65. The van der Waals surface area contributed by atoms with E-state index in [0.29, 0.717) is 18.9 Å². The van der Waals surface area contributed by atoms with Crippen LogP contribution in [0.5, 0.6) is 5.75 Å². The largest absolute Gasteiger partial charge is 0.508 e. The van der Waals surface area contributed by atoms with Crippen LogP contribution < -0.4 is 10.6 Å². The lowest BCUT2D eigenvalue weighted by Crippen LogP contribution is -2.36. The Morgan fingerprint density at radius 1 is 1.18 bits per heavy atom. The van der Waals surface area contributed by atoms with Crippen LogP contribution in [-0.2, 0) is 16.6 Å². The molecule has 0 bridgehead atoms. The smallest absolute Gasteiger partial charge is 0.398 e. The van der Waals surface area contributed by atoms with Gasteiger partial charge in [0.05, 0.1) is 17.9 Å². The molecule has 2 aliphatic carbocycles. The van der Waals surface area contributed by atoms with Crippen molar-refractivity contribution < 1.29 is 32.3 Å². The lowest BCUT2D eigenvalue weighted by molar-refractivity contribution is -0.161. The minimum Gasteiger partial charge on any atom is -0.508 e. The minimum atomic E-state index is -4.62. The quantitative estimate of drug-likeness (QED) is 0.569. The molecule has 0 saturated heterocycles. The van der Waals surface area contributed by atoms with Crippen molar-refractivity contribution in [1.29, 1.82) is 5.26 Å². The maximum absolute atomic E-state index is 14.5. The molecule has 11 heteroatoms. The van der Waals surface area contributed by atoms with Gasteiger partial charge in [-0.15, -0.1) is 0 Å². The van der Waals surface area contributed by atoms with Crippen LogP contribution in [0.25, 0.3) is 0 Å². The van der Waals surface area contributed by atoms with E-state index in [1.807, 2.05) is 6.07 Å². The fourth-order valence-electron chi connectivity index (χ4n) is 3.64. The summed E-state index contributed by atoms with van der Waals surface area (Å²) in [5, 5.41) is 24.2. The zero-order valence-corrected chi connectivity index (χ0v) is 17.1. The zero-order valence-electron chi connectivity index (χ0n) is 17.1. The number of nitrogens with one attached hydrogen (secondary N) is 2. The molecule has 33 heavy (non-hydrogen) atoms. The van der Waals surface area contributed by atoms with Gasteiger partial charge < -0.3 is 15.7 Å². The van der Waals surface area contributed by atoms with Crippen molar-refractivity contribution in [1.82, 2.24) is 10.3 Å². The first kappa shape index (κ1) is 22.5. The van der Waals surface area contributed by atoms with Gasteiger partial charge in [0.2, 0.25) is 5.91 Å². The Balaban J connectivity index is 1.45. The minimum absolute atomic E-state index is 0.0376. The summed E-state index contributed by atoms with van der Waals surface area (Å²) in [6.45, 7) is 0. The van der Waals surface area contributed by atoms with Crippen molar-refractivity contribution in [3.63, 3.8) is 0 Å². The third-order valence-electron chi connectivity index (χ3n) is 5.92. The molecule has 0 atom stereocenters. The summed E-state index contributed by atoms with van der Waals surface area (Å²) in [6.07, 6.45) is -3.31. The summed E-state index contributed by atoms with van der Waals surface area (Å²) >= 11 is 0. The van der Waals surface area contributed by atoms with Crippen molar-refractivity contribution in [3.05, 3.63) is 53.1 Å². The number of amides is 2. The molecule has 0 aliphatic heterocycles. The Hall–Kier alpha value is -3.68. The molecule has 1 aromatic carbocycles. The Bertz CT molecular complexity index is 1180. The highest BCUT2D eigenvalue weighted by molar-refractivity contribution is 5.96. The first-order chi connectivity index (χ1) is 15.5. The Morgan fingerprint density at radius 2 is 1.88 bits per heavy atom. The van der Waals surface area contributed by atoms with E-state index in [9.17, 15) is 32.3 Å². The van der Waals surface area contributed by atoms with Crippen molar-refractivity contribution in [3.8, 4) is 11.8 Å². The van der Waals surface area contributed by atoms with Gasteiger partial charge in [-0.25, -0.2) is 4.39 Å². The second-order valence-corrected chi connectivity index (χ2v) is 8.34. The van der Waals surface area contributed by atoms with Crippen molar-refractivity contribution in [2.24, 2.45) is 0 Å². The number of rotatable bonds is 6. The lowest BCUT2D eigenvalue weighted by Gasteiger charge is -2.21. The van der Waals surface area contributed by atoms with E-state index in [1.54, 1.807) is 0 Å². The number of aromatic nitrogens is 1. The average molecular weight is 462 g/mol. The van der Waals surface area contributed by atoms with Gasteiger partial charge in [0.1, 0.15) is 22.8 Å². The number of pyridine rings is 1. The van der Waals surface area contributed by atoms with Crippen LogP contribution in [0, 0.1) is 17.1 Å². The number of phenols is 1. The molecule has 0 unspecified atom stereocenters. The first-order valence-corrected chi connectivity index (χ1v) is 10.1. The summed E-state index contributed by atoms with van der Waals surface area (Å²) in [4.78, 5) is 28.5. The van der Waals surface area contributed by atoms with Crippen LogP contribution in [0.15, 0.2) is 30.5 Å². The second-order valence-electron chi connectivity index (χ2n) is 8.34. The summed E-state index contributed by atoms with van der Waals surface area (Å²) in [6, 6.07) is 6.15. The predicted molar refractivity (Wildman–Crippen MR) is 107 cm³/mol. The van der Waals surface area contributed by atoms with Crippen molar-refractivity contribution >= 4 is 17.5 Å². The maximum atomic E-state index is 14.5. The summed E-state index contributed by atoms with van der Waals surface area (Å²) < 4.78 is 54.4. The number of nitriles is 1. The van der Waals surface area contributed by atoms with Gasteiger partial charge in [-0.05, 0) is 49.9 Å². The van der Waals surface area contributed by atoms with Crippen molar-refractivity contribution in [2.45, 2.75) is 49.2 Å². The Labute approximate surface area is 185 Å². The van der Waals surface area contributed by atoms with Gasteiger partial charge in [-0.3, -0.25) is 14.6 Å². The van der Waals surface area contributed by atoms with Gasteiger partial charge in [-0.1, -0.05) is 0 Å². The number of anilines is 1. The number of hydrogen-bond donors (Lipinski definition) is 3. The number of benzene rings is 1. The molecule has 2 aliphatic rings. The topological polar surface area (TPSA) is 115 Å². The predicted octanol–water partition coefficient (Wildman–Crippen LogP) is 3.49. The number of phenolic OH excluding ortho intramolecular Hbond substituents is 1. The van der Waals surface area contributed by atoms with E-state index in [4.69, 9.17) is 5.26 Å². The molecule has 7 nitrogen and oxygen atoms in total. The molecule has 172 valence electrons. The van der Waals surface area contributed by atoms with E-state index >= 15 is 0 Å². The molecular weight excluding hydrogens is 444 g/mol. The van der Waals surface area contributed by atoms with Gasteiger partial charge in [0.15, 0.2) is 0 Å². The normalized spacial score (nSPS) is 17.5. The maximum Gasteiger partial charge on any atom is 0.398 e. The number of aromatic hydroxyl groups is 1. The number of alkyl halides is 3. The number of nitrogens with zero attached hydrogens (tertiary/aromatic N) is 2. The van der Waals surface area contributed by atoms with Gasteiger partial charge in [-0.2, -0.15) is 18.4 Å². The third kappa shape index (κ3) is 4.33. The molecule has 2 aromatic rings. The Morgan fingerprint density at radius 3 is 2.45 bits per heavy atom. The summed E-state index contributed by atoms with van der Waals surface area (Å²) in [5.74, 6) is -3.06. The van der Waals surface area contributed by atoms with Crippen LogP contribution in [0.4, 0.5) is 23.2 Å². The van der Waals surface area contributed by atoms with Crippen LogP contribution in [0.2, 0.25) is 0 Å². The molecular formula is C22H18F4N4O3. The number of carbonyl (C=O) groups excluding carboxylic acids is 2. The molecule has 1 heterocycles. The van der Waals surface area contributed by atoms with E-state index < -0.39 is 52.5 Å². The number of hydrogen-bond acceptors (Lipinski definition) is 5. The van der Waals surface area contributed by atoms with E-state index in [2.05, 4.69) is 15.6 Å². The molecule has 1 aromatic heterocycles. The highest BCUT2D eigenvalue weighted by Gasteiger charge is 2.65. The molecule has 4 rings (SSSR count). The van der Waals surface area contributed by atoms with E-state index in [0.717, 1.165) is 6.07 Å². The highest BCUT2D eigenvalue weighted by atomic mass is 19.4. The van der Waals surface area contributed by atoms with E-state index in [1.165, 1.54) is 18.3 Å². The molecule has 2 amide bonds. The second kappa shape index (κ2) is 7.72. The molecule has 2 fully saturated rings. The lowest BCUT2D eigenvalue weighted by atomic mass is 9.92. The number of carbonyl (C=O) groups is 2. The SMILES string of the molecule is N#CC1(NC(=O)c2cc(NC(=O)Cc3cc(O)c(C4(C(F)(F)F)CC4)cc3F)ccn2)CC1. The zero-order chi connectivity index (χ0) is 24.0. The monoisotopic (exact) mass is 462 g/mol. The number of halogens is 4. The summed E-state index contributed by atoms with van der Waals surface area (Å²) in [5.41, 5.74) is -3.82. The highest BCUT2D eigenvalue weighted by Crippen LogP contribution is 2.60. The molecule has 2 saturated carbocycles. The fourth-order valence-corrected chi connectivity index (χ4v) is 3.64. The standard InChI is InChI=1S/C22H18F4N4O3/c23-15-10-14(21(4-5-21)22(24,25)26)17(31)7-12(15)8-18(32)29-13-1-6-28-16(9-13)19(33)30-20(11-27)2-3-20/h1,6-7,9-10,31H,2-5,8H2,(H,30,33)(H,28,29,32). The molecule has 0 radical (unpaired) electrons. The van der Waals surface area contributed by atoms with Crippen LogP contribution >= 0.6 is 0 Å². The molecule has 3 N–H and O–H groups in total. The first-order valence-electron chi connectivity index (χ1n) is 10.1. The Kier molecular flexibility index (Phi) is 5.27. The van der Waals surface area contributed by atoms with Crippen LogP contribution in [-0.4, -0.2) is 33.6 Å². The van der Waals surface area contributed by atoms with Crippen LogP contribution in [0.1, 0.15) is 47.3 Å². The van der Waals surface area contributed by atoms with Crippen molar-refractivity contribution in [2.75, 3.05) is 5.32 Å². The third-order valence-corrected chi connectivity index (χ3v) is 5.92. The van der Waals surface area contributed by atoms with Gasteiger partial charge >= 0.3 is 6.18 Å². The van der Waals surface area contributed by atoms with Gasteiger partial charge in [0.25, 0.3) is 5.91 Å².